The summed E-state index contributed by atoms with van der Waals surface area (Å²) in [7, 11) is -3.63. The smallest absolute Gasteiger partial charge is 0.265 e. The van der Waals surface area contributed by atoms with Gasteiger partial charge in [-0.25, -0.2) is 8.42 Å². The Bertz CT molecular complexity index is 955. The van der Waals surface area contributed by atoms with Crippen molar-refractivity contribution in [3.8, 4) is 5.75 Å². The first-order valence-corrected chi connectivity index (χ1v) is 12.4. The number of rotatable bonds is 8. The standard InChI is InChI=1S/C21H28N2O4S2/c1-4-23(5-2)29(25,26)16-11-12-18(27-6-3)17(14-16)22-21(24)20-13-15-9-7-8-10-19(15)28-20/h11-14H,4-10H2,1-3H3,(H,22,24). The van der Waals surface area contributed by atoms with Gasteiger partial charge in [-0.15, -0.1) is 11.3 Å². The van der Waals surface area contributed by atoms with Gasteiger partial charge in [0.15, 0.2) is 0 Å². The molecule has 0 saturated carbocycles. The summed E-state index contributed by atoms with van der Waals surface area (Å²) in [6, 6.07) is 6.59. The highest BCUT2D eigenvalue weighted by atomic mass is 32.2. The van der Waals surface area contributed by atoms with Crippen molar-refractivity contribution in [2.45, 2.75) is 51.3 Å². The van der Waals surface area contributed by atoms with Gasteiger partial charge in [0.05, 0.1) is 22.1 Å². The third kappa shape index (κ3) is 4.65. The highest BCUT2D eigenvalue weighted by molar-refractivity contribution is 7.89. The van der Waals surface area contributed by atoms with E-state index < -0.39 is 10.0 Å². The van der Waals surface area contributed by atoms with Gasteiger partial charge in [0.25, 0.3) is 5.91 Å². The molecular weight excluding hydrogens is 408 g/mol. The number of nitrogens with zero attached hydrogens (tertiary/aromatic N) is 1. The molecule has 1 amide bonds. The van der Waals surface area contributed by atoms with Crippen molar-refractivity contribution in [1.82, 2.24) is 4.31 Å². The van der Waals surface area contributed by atoms with Crippen LogP contribution >= 0.6 is 11.3 Å². The number of carbonyl (C=O) groups is 1. The van der Waals surface area contributed by atoms with Crippen molar-refractivity contribution >= 4 is 33.0 Å². The van der Waals surface area contributed by atoms with Gasteiger partial charge >= 0.3 is 0 Å². The van der Waals surface area contributed by atoms with Crippen molar-refractivity contribution in [3.63, 3.8) is 0 Å². The molecule has 1 aromatic carbocycles. The van der Waals surface area contributed by atoms with Crippen LogP contribution in [0.4, 0.5) is 5.69 Å². The number of anilines is 1. The number of hydrogen-bond donors (Lipinski definition) is 1. The largest absolute Gasteiger partial charge is 0.492 e. The zero-order valence-electron chi connectivity index (χ0n) is 17.2. The molecule has 29 heavy (non-hydrogen) atoms. The van der Waals surface area contributed by atoms with E-state index in [2.05, 4.69) is 5.32 Å². The van der Waals surface area contributed by atoms with E-state index in [1.165, 1.54) is 38.2 Å². The first-order valence-electron chi connectivity index (χ1n) is 10.1. The summed E-state index contributed by atoms with van der Waals surface area (Å²) in [6.45, 7) is 6.63. The molecule has 0 atom stereocenters. The molecule has 1 aliphatic rings. The summed E-state index contributed by atoms with van der Waals surface area (Å²) in [6.07, 6.45) is 4.36. The van der Waals surface area contributed by atoms with Gasteiger partial charge in [-0.3, -0.25) is 4.79 Å². The highest BCUT2D eigenvalue weighted by Gasteiger charge is 2.24. The second-order valence-electron chi connectivity index (χ2n) is 6.90. The number of hydrogen-bond acceptors (Lipinski definition) is 5. The maximum absolute atomic E-state index is 12.9. The van der Waals surface area contributed by atoms with Crippen LogP contribution in [0.5, 0.6) is 5.75 Å². The van der Waals surface area contributed by atoms with E-state index >= 15 is 0 Å². The molecule has 0 radical (unpaired) electrons. The second kappa shape index (κ2) is 9.28. The average Bonchev–Trinajstić information content (AvgIpc) is 3.14. The van der Waals surface area contributed by atoms with E-state index in [0.717, 1.165) is 25.7 Å². The van der Waals surface area contributed by atoms with Gasteiger partial charge < -0.3 is 10.1 Å². The lowest BCUT2D eigenvalue weighted by molar-refractivity contribution is 0.103. The molecule has 0 unspecified atom stereocenters. The van der Waals surface area contributed by atoms with Crippen molar-refractivity contribution in [1.29, 1.82) is 0 Å². The number of benzene rings is 1. The fourth-order valence-electron chi connectivity index (χ4n) is 3.55. The molecule has 8 heteroatoms. The number of ether oxygens (including phenoxy) is 1. The van der Waals surface area contributed by atoms with Crippen molar-refractivity contribution in [3.05, 3.63) is 39.6 Å². The molecule has 0 spiro atoms. The van der Waals surface area contributed by atoms with Gasteiger partial charge in [0.1, 0.15) is 5.75 Å². The Hall–Kier alpha value is -1.90. The van der Waals surface area contributed by atoms with E-state index in [9.17, 15) is 13.2 Å². The Morgan fingerprint density at radius 2 is 1.86 bits per heavy atom. The van der Waals surface area contributed by atoms with E-state index in [1.807, 2.05) is 13.0 Å². The van der Waals surface area contributed by atoms with Gasteiger partial charge in [-0.1, -0.05) is 13.8 Å². The lowest BCUT2D eigenvalue weighted by Gasteiger charge is -2.20. The SMILES string of the molecule is CCOc1ccc(S(=O)(=O)N(CC)CC)cc1NC(=O)c1cc2c(s1)CCCC2. The minimum absolute atomic E-state index is 0.144. The van der Waals surface area contributed by atoms with Crippen molar-refractivity contribution in [2.24, 2.45) is 0 Å². The van der Waals surface area contributed by atoms with Crippen LogP contribution in [0.15, 0.2) is 29.2 Å². The number of amides is 1. The second-order valence-corrected chi connectivity index (χ2v) is 9.98. The number of sulfonamides is 1. The Morgan fingerprint density at radius 3 is 2.52 bits per heavy atom. The molecule has 1 aromatic heterocycles. The third-order valence-electron chi connectivity index (χ3n) is 5.06. The maximum Gasteiger partial charge on any atom is 0.265 e. The number of nitrogens with one attached hydrogen (secondary N) is 1. The van der Waals surface area contributed by atoms with Gasteiger partial charge in [0.2, 0.25) is 10.0 Å². The third-order valence-corrected chi connectivity index (χ3v) is 8.34. The quantitative estimate of drug-likeness (QED) is 0.669. The van der Waals surface area contributed by atoms with Crippen LogP contribution in [0.1, 0.15) is 53.7 Å². The average molecular weight is 437 g/mol. The van der Waals surface area contributed by atoms with Crippen molar-refractivity contribution in [2.75, 3.05) is 25.0 Å². The molecule has 3 rings (SSSR count). The van der Waals surface area contributed by atoms with Crippen LogP contribution in [0.3, 0.4) is 0 Å². The summed E-state index contributed by atoms with van der Waals surface area (Å²) in [5, 5.41) is 2.87. The maximum atomic E-state index is 12.9. The normalized spacial score (nSPS) is 13.9. The van der Waals surface area contributed by atoms with Crippen LogP contribution in [0, 0.1) is 0 Å². The summed E-state index contributed by atoms with van der Waals surface area (Å²) in [5.74, 6) is 0.225. The van der Waals surface area contributed by atoms with E-state index in [4.69, 9.17) is 4.74 Å². The summed E-state index contributed by atoms with van der Waals surface area (Å²) in [5.41, 5.74) is 1.63. The number of thiophene rings is 1. The summed E-state index contributed by atoms with van der Waals surface area (Å²) in [4.78, 5) is 15.0. The fraction of sp³-hybridized carbons (Fsp3) is 0.476. The molecule has 6 nitrogen and oxygen atoms in total. The van der Waals surface area contributed by atoms with Crippen LogP contribution in [-0.4, -0.2) is 38.3 Å². The van der Waals surface area contributed by atoms with E-state index in [1.54, 1.807) is 19.9 Å². The molecule has 0 saturated heterocycles. The monoisotopic (exact) mass is 436 g/mol. The molecule has 0 aliphatic heterocycles. The lowest BCUT2D eigenvalue weighted by Crippen LogP contribution is -2.30. The zero-order valence-corrected chi connectivity index (χ0v) is 18.8. The first kappa shape index (κ1) is 21.8. The lowest BCUT2D eigenvalue weighted by atomic mass is 9.99. The first-order chi connectivity index (χ1) is 13.9. The minimum Gasteiger partial charge on any atom is -0.492 e. The summed E-state index contributed by atoms with van der Waals surface area (Å²) < 4.78 is 32.8. The Labute approximate surface area is 176 Å². The van der Waals surface area contributed by atoms with Crippen molar-refractivity contribution < 1.29 is 17.9 Å². The highest BCUT2D eigenvalue weighted by Crippen LogP contribution is 2.33. The van der Waals surface area contributed by atoms with Crippen LogP contribution in [0.2, 0.25) is 0 Å². The number of carbonyl (C=O) groups excluding carboxylic acids is 1. The Morgan fingerprint density at radius 1 is 1.14 bits per heavy atom. The van der Waals surface area contributed by atoms with Gasteiger partial charge in [-0.2, -0.15) is 4.31 Å². The number of fused-ring (bicyclic) bond motifs is 1. The minimum atomic E-state index is -3.63. The zero-order chi connectivity index (χ0) is 21.0. The molecule has 2 aromatic rings. The van der Waals surface area contributed by atoms with E-state index in [-0.39, 0.29) is 10.8 Å². The fourth-order valence-corrected chi connectivity index (χ4v) is 6.18. The summed E-state index contributed by atoms with van der Waals surface area (Å²) >= 11 is 1.52. The molecule has 1 aliphatic carbocycles. The Kier molecular flexibility index (Phi) is 6.97. The molecule has 0 bridgehead atoms. The van der Waals surface area contributed by atoms with Gasteiger partial charge in [0, 0.05) is 18.0 Å². The molecular formula is C21H28N2O4S2. The molecule has 1 heterocycles. The van der Waals surface area contributed by atoms with Crippen LogP contribution < -0.4 is 10.1 Å². The molecule has 1 N–H and O–H groups in total. The van der Waals surface area contributed by atoms with Crippen LogP contribution in [0.25, 0.3) is 0 Å². The van der Waals surface area contributed by atoms with Gasteiger partial charge in [-0.05, 0) is 62.4 Å². The van der Waals surface area contributed by atoms with E-state index in [0.29, 0.717) is 36.0 Å². The van der Waals surface area contributed by atoms with Crippen LogP contribution in [-0.2, 0) is 22.9 Å². The molecule has 0 fully saturated rings. The topological polar surface area (TPSA) is 75.7 Å². The predicted molar refractivity (Wildman–Crippen MR) is 117 cm³/mol. The predicted octanol–water partition coefficient (Wildman–Crippen LogP) is 4.31. The Balaban J connectivity index is 1.92. The number of aryl methyl sites for hydroxylation is 2. The molecule has 158 valence electrons.